The molecule has 1 N–H and O–H groups in total. The molecule has 1 atom stereocenters. The van der Waals surface area contributed by atoms with Crippen molar-refractivity contribution in [2.24, 2.45) is 5.92 Å². The molecule has 1 saturated heterocycles. The van der Waals surface area contributed by atoms with Gasteiger partial charge in [0, 0.05) is 32.7 Å². The molecule has 0 saturated carbocycles. The first kappa shape index (κ1) is 14.3. The number of carboxylic acid groups (broad SMARTS) is 1. The summed E-state index contributed by atoms with van der Waals surface area (Å²) >= 11 is 0. The van der Waals surface area contributed by atoms with Gasteiger partial charge < -0.3 is 10.0 Å². The van der Waals surface area contributed by atoms with Crippen molar-refractivity contribution in [3.8, 4) is 0 Å². The van der Waals surface area contributed by atoms with Crippen molar-refractivity contribution in [1.82, 2.24) is 9.80 Å². The Morgan fingerprint density at radius 1 is 1.37 bits per heavy atom. The number of piperazine rings is 1. The minimum atomic E-state index is -0.715. The van der Waals surface area contributed by atoms with Crippen molar-refractivity contribution >= 4 is 5.97 Å². The first-order chi connectivity index (χ1) is 9.06. The lowest BCUT2D eigenvalue weighted by Crippen LogP contribution is -2.45. The second kappa shape index (κ2) is 6.35. The summed E-state index contributed by atoms with van der Waals surface area (Å²) in [5.74, 6) is -0.350. The molecule has 0 bridgehead atoms. The third-order valence-corrected chi connectivity index (χ3v) is 4.15. The number of carboxylic acids is 1. The lowest BCUT2D eigenvalue weighted by Gasteiger charge is -2.34. The van der Waals surface area contributed by atoms with Gasteiger partial charge in [-0.15, -0.1) is 0 Å². The van der Waals surface area contributed by atoms with Crippen LogP contribution in [0.2, 0.25) is 0 Å². The Labute approximate surface area is 115 Å². The Morgan fingerprint density at radius 2 is 2.05 bits per heavy atom. The topological polar surface area (TPSA) is 43.8 Å². The first-order valence-corrected chi connectivity index (χ1v) is 7.07. The maximum absolute atomic E-state index is 11.0. The Hall–Kier alpha value is -1.13. The van der Waals surface area contributed by atoms with Crippen molar-refractivity contribution < 1.29 is 9.90 Å². The van der Waals surface area contributed by atoms with Gasteiger partial charge >= 0.3 is 5.97 Å². The average molecular weight is 264 g/mol. The monoisotopic (exact) mass is 264 g/mol. The Kier molecular flexibility index (Phi) is 4.77. The van der Waals surface area contributed by atoms with Gasteiger partial charge in [0.1, 0.15) is 0 Å². The van der Waals surface area contributed by atoms with E-state index in [2.05, 4.69) is 35.9 Å². The molecule has 1 aliphatic carbocycles. The van der Waals surface area contributed by atoms with Gasteiger partial charge in [0.15, 0.2) is 0 Å². The zero-order chi connectivity index (χ0) is 13.8. The first-order valence-electron chi connectivity index (χ1n) is 7.07. The van der Waals surface area contributed by atoms with Gasteiger partial charge in [0.25, 0.3) is 0 Å². The van der Waals surface area contributed by atoms with Crippen molar-refractivity contribution in [2.45, 2.75) is 19.8 Å². The van der Waals surface area contributed by atoms with Crippen LogP contribution in [0.1, 0.15) is 19.8 Å². The molecule has 0 spiro atoms. The fourth-order valence-corrected chi connectivity index (χ4v) is 2.83. The normalized spacial score (nSPS) is 25.9. The van der Waals surface area contributed by atoms with E-state index < -0.39 is 5.97 Å². The zero-order valence-electron chi connectivity index (χ0n) is 11.9. The highest BCUT2D eigenvalue weighted by atomic mass is 16.4. The van der Waals surface area contributed by atoms with E-state index >= 15 is 0 Å². The largest absolute Gasteiger partial charge is 0.481 e. The van der Waals surface area contributed by atoms with E-state index in [-0.39, 0.29) is 6.42 Å². The van der Waals surface area contributed by atoms with E-state index in [1.165, 1.54) is 5.57 Å². The summed E-state index contributed by atoms with van der Waals surface area (Å²) in [4.78, 5) is 15.8. The van der Waals surface area contributed by atoms with Crippen molar-refractivity contribution in [2.75, 3.05) is 39.8 Å². The number of allylic oxidation sites excluding steroid dienone is 1. The summed E-state index contributed by atoms with van der Waals surface area (Å²) in [7, 11) is 2.15. The van der Waals surface area contributed by atoms with Crippen LogP contribution in [0, 0.1) is 5.92 Å². The smallest absolute Gasteiger partial charge is 0.307 e. The van der Waals surface area contributed by atoms with Gasteiger partial charge in [-0.05, 0) is 25.0 Å². The summed E-state index contributed by atoms with van der Waals surface area (Å²) in [5.41, 5.74) is 2.35. The molecule has 2 rings (SSSR count). The third kappa shape index (κ3) is 3.91. The number of nitrogens with zero attached hydrogens (tertiary/aromatic N) is 2. The highest BCUT2D eigenvalue weighted by Gasteiger charge is 2.21. The molecule has 106 valence electrons. The number of hydrogen-bond acceptors (Lipinski definition) is 3. The molecule has 1 aliphatic heterocycles. The Balaban J connectivity index is 2.05. The minimum Gasteiger partial charge on any atom is -0.481 e. The molecule has 4 nitrogen and oxygen atoms in total. The summed E-state index contributed by atoms with van der Waals surface area (Å²) in [5, 5.41) is 9.06. The van der Waals surface area contributed by atoms with Crippen LogP contribution in [0.15, 0.2) is 23.3 Å². The molecular weight excluding hydrogens is 240 g/mol. The second-order valence-electron chi connectivity index (χ2n) is 5.74. The van der Waals surface area contributed by atoms with Crippen molar-refractivity contribution in [1.29, 1.82) is 0 Å². The van der Waals surface area contributed by atoms with E-state index in [0.29, 0.717) is 5.92 Å². The van der Waals surface area contributed by atoms with Crippen molar-refractivity contribution in [3.05, 3.63) is 23.3 Å². The lowest BCUT2D eigenvalue weighted by atomic mass is 9.86. The lowest BCUT2D eigenvalue weighted by molar-refractivity contribution is -0.136. The standard InChI is InChI=1S/C15H24N2O2/c1-12-4-3-5-13(14(12)10-15(18)19)11-17-8-6-16(2)7-9-17/h3,5,12H,4,6-11H2,1-2H3,(H,18,19). The Morgan fingerprint density at radius 3 is 2.68 bits per heavy atom. The molecule has 1 fully saturated rings. The Bertz CT molecular complexity index is 393. The number of hydrogen-bond donors (Lipinski definition) is 1. The molecule has 19 heavy (non-hydrogen) atoms. The van der Waals surface area contributed by atoms with Crippen LogP contribution in [0.4, 0.5) is 0 Å². The van der Waals surface area contributed by atoms with Gasteiger partial charge in [-0.2, -0.15) is 0 Å². The van der Waals surface area contributed by atoms with Gasteiger partial charge in [-0.3, -0.25) is 9.69 Å². The molecule has 4 heteroatoms. The maximum atomic E-state index is 11.0. The molecule has 1 heterocycles. The van der Waals surface area contributed by atoms with Crippen LogP contribution in [-0.2, 0) is 4.79 Å². The molecule has 0 amide bonds. The van der Waals surface area contributed by atoms with Gasteiger partial charge in [0.05, 0.1) is 6.42 Å². The van der Waals surface area contributed by atoms with Crippen LogP contribution >= 0.6 is 0 Å². The van der Waals surface area contributed by atoms with Crippen LogP contribution in [0.25, 0.3) is 0 Å². The van der Waals surface area contributed by atoms with Gasteiger partial charge in [-0.1, -0.05) is 24.6 Å². The SMILES string of the molecule is CC1CC=CC(CN2CCN(C)CC2)=C1CC(=O)O. The predicted molar refractivity (Wildman–Crippen MR) is 76.1 cm³/mol. The molecular formula is C15H24N2O2. The van der Waals surface area contributed by atoms with E-state index in [1.807, 2.05) is 0 Å². The minimum absolute atomic E-state index is 0.189. The number of likely N-dealkylation sites (N-methyl/N-ethyl adjacent to an activating group) is 1. The van der Waals surface area contributed by atoms with Crippen LogP contribution < -0.4 is 0 Å². The van der Waals surface area contributed by atoms with E-state index in [9.17, 15) is 4.79 Å². The van der Waals surface area contributed by atoms with Gasteiger partial charge in [0.2, 0.25) is 0 Å². The van der Waals surface area contributed by atoms with Crippen LogP contribution in [0.5, 0.6) is 0 Å². The van der Waals surface area contributed by atoms with E-state index in [1.54, 1.807) is 0 Å². The quantitative estimate of drug-likeness (QED) is 0.837. The fourth-order valence-electron chi connectivity index (χ4n) is 2.83. The fraction of sp³-hybridized carbons (Fsp3) is 0.667. The summed E-state index contributed by atoms with van der Waals surface area (Å²) < 4.78 is 0. The van der Waals surface area contributed by atoms with E-state index in [4.69, 9.17) is 5.11 Å². The molecule has 0 radical (unpaired) electrons. The van der Waals surface area contributed by atoms with Crippen molar-refractivity contribution in [3.63, 3.8) is 0 Å². The molecule has 0 aromatic heterocycles. The molecule has 2 aliphatic rings. The number of rotatable bonds is 4. The number of carbonyl (C=O) groups is 1. The van der Waals surface area contributed by atoms with Crippen LogP contribution in [-0.4, -0.2) is 60.6 Å². The highest BCUT2D eigenvalue weighted by Crippen LogP contribution is 2.28. The summed E-state index contributed by atoms with van der Waals surface area (Å²) in [6.45, 7) is 7.37. The van der Waals surface area contributed by atoms with E-state index in [0.717, 1.165) is 44.7 Å². The molecule has 1 unspecified atom stereocenters. The third-order valence-electron chi connectivity index (χ3n) is 4.15. The maximum Gasteiger partial charge on any atom is 0.307 e. The predicted octanol–water partition coefficient (Wildman–Crippen LogP) is 1.60. The number of aliphatic carboxylic acids is 1. The zero-order valence-corrected chi connectivity index (χ0v) is 11.9. The van der Waals surface area contributed by atoms with Crippen LogP contribution in [0.3, 0.4) is 0 Å². The summed E-state index contributed by atoms with van der Waals surface area (Å²) in [6, 6.07) is 0. The average Bonchev–Trinajstić information content (AvgIpc) is 2.36. The molecule has 0 aromatic carbocycles. The summed E-state index contributed by atoms with van der Waals surface area (Å²) in [6.07, 6.45) is 5.47. The second-order valence-corrected chi connectivity index (χ2v) is 5.74. The van der Waals surface area contributed by atoms with Gasteiger partial charge in [-0.25, -0.2) is 0 Å². The molecule has 0 aromatic rings. The highest BCUT2D eigenvalue weighted by molar-refractivity contribution is 5.71.